The zero-order valence-electron chi connectivity index (χ0n) is 16.7. The molecule has 2 aromatic heterocycles. The molecule has 0 aliphatic carbocycles. The molecular formula is C17H29Cl2N7O2. The molecule has 11 heteroatoms. The van der Waals surface area contributed by atoms with E-state index in [0.29, 0.717) is 19.0 Å². The van der Waals surface area contributed by atoms with Crippen LogP contribution in [0.3, 0.4) is 0 Å². The number of aromatic nitrogens is 4. The predicted octanol–water partition coefficient (Wildman–Crippen LogP) is 1.37. The summed E-state index contributed by atoms with van der Waals surface area (Å²) in [5, 5.41) is 11.2. The molecule has 2 aromatic rings. The Morgan fingerprint density at radius 3 is 2.46 bits per heavy atom. The van der Waals surface area contributed by atoms with Crippen molar-refractivity contribution in [1.82, 2.24) is 35.0 Å². The fourth-order valence-electron chi connectivity index (χ4n) is 3.27. The lowest BCUT2D eigenvalue weighted by atomic mass is 10.1. The van der Waals surface area contributed by atoms with Crippen LogP contribution in [0.15, 0.2) is 16.9 Å². The maximum Gasteiger partial charge on any atom is 0.244 e. The van der Waals surface area contributed by atoms with Crippen molar-refractivity contribution in [2.24, 2.45) is 7.05 Å². The second kappa shape index (κ2) is 10.8. The summed E-state index contributed by atoms with van der Waals surface area (Å²) < 4.78 is 7.07. The van der Waals surface area contributed by atoms with Crippen molar-refractivity contribution in [2.45, 2.75) is 32.4 Å². The summed E-state index contributed by atoms with van der Waals surface area (Å²) in [7, 11) is 3.65. The van der Waals surface area contributed by atoms with Gasteiger partial charge in [-0.1, -0.05) is 12.1 Å². The highest BCUT2D eigenvalue weighted by Gasteiger charge is 2.31. The van der Waals surface area contributed by atoms with Crippen LogP contribution in [-0.2, 0) is 18.3 Å². The molecule has 28 heavy (non-hydrogen) atoms. The van der Waals surface area contributed by atoms with Crippen LogP contribution in [-0.4, -0.2) is 68.9 Å². The smallest absolute Gasteiger partial charge is 0.244 e. The molecule has 3 rings (SSSR count). The maximum atomic E-state index is 12.9. The first-order valence-corrected chi connectivity index (χ1v) is 9.04. The summed E-state index contributed by atoms with van der Waals surface area (Å²) in [6, 6.07) is -0.311. The highest BCUT2D eigenvalue weighted by atomic mass is 35.5. The van der Waals surface area contributed by atoms with Crippen LogP contribution in [0.5, 0.6) is 0 Å². The summed E-state index contributed by atoms with van der Waals surface area (Å²) in [5.41, 5.74) is 0.883. The SMILES string of the molecule is CCc1noc(C(C)N2CCN(C(=O)C(NC)c3cnn(C)c3)CC2)n1.Cl.Cl. The molecular weight excluding hydrogens is 405 g/mol. The third-order valence-electron chi connectivity index (χ3n) is 4.92. The van der Waals surface area contributed by atoms with Gasteiger partial charge in [-0.3, -0.25) is 14.4 Å². The van der Waals surface area contributed by atoms with Crippen molar-refractivity contribution in [1.29, 1.82) is 0 Å². The van der Waals surface area contributed by atoms with Gasteiger partial charge >= 0.3 is 0 Å². The summed E-state index contributed by atoms with van der Waals surface area (Å²) in [6.07, 6.45) is 4.37. The molecule has 0 radical (unpaired) electrons. The largest absolute Gasteiger partial charge is 0.338 e. The zero-order chi connectivity index (χ0) is 18.7. The van der Waals surface area contributed by atoms with Crippen molar-refractivity contribution in [3.8, 4) is 0 Å². The van der Waals surface area contributed by atoms with Gasteiger partial charge in [-0.15, -0.1) is 24.8 Å². The maximum absolute atomic E-state index is 12.9. The molecule has 1 fully saturated rings. The Bertz CT molecular complexity index is 743. The quantitative estimate of drug-likeness (QED) is 0.734. The lowest BCUT2D eigenvalue weighted by Crippen LogP contribution is -2.51. The number of amides is 1. The van der Waals surface area contributed by atoms with Crippen molar-refractivity contribution < 1.29 is 9.32 Å². The van der Waals surface area contributed by atoms with Crippen LogP contribution < -0.4 is 5.32 Å². The molecule has 9 nitrogen and oxygen atoms in total. The minimum Gasteiger partial charge on any atom is -0.338 e. The van der Waals surface area contributed by atoms with Crippen LogP contribution in [0.25, 0.3) is 0 Å². The topological polar surface area (TPSA) is 92.3 Å². The van der Waals surface area contributed by atoms with E-state index in [-0.39, 0.29) is 42.8 Å². The third-order valence-corrected chi connectivity index (χ3v) is 4.92. The van der Waals surface area contributed by atoms with E-state index < -0.39 is 0 Å². The van der Waals surface area contributed by atoms with Crippen molar-refractivity contribution >= 4 is 30.7 Å². The number of rotatable bonds is 6. The fraction of sp³-hybridized carbons (Fsp3) is 0.647. The van der Waals surface area contributed by atoms with E-state index in [4.69, 9.17) is 4.52 Å². The molecule has 2 unspecified atom stereocenters. The molecule has 2 atom stereocenters. The zero-order valence-corrected chi connectivity index (χ0v) is 18.3. The summed E-state index contributed by atoms with van der Waals surface area (Å²) in [4.78, 5) is 21.5. The average molecular weight is 434 g/mol. The van der Waals surface area contributed by atoms with Gasteiger partial charge in [0.2, 0.25) is 11.8 Å². The molecule has 1 aliphatic heterocycles. The number of halogens is 2. The number of nitrogens with one attached hydrogen (secondary N) is 1. The van der Waals surface area contributed by atoms with Gasteiger partial charge in [0.05, 0.1) is 12.2 Å². The minimum absolute atomic E-state index is 0. The van der Waals surface area contributed by atoms with Crippen LogP contribution in [0.1, 0.15) is 43.2 Å². The van der Waals surface area contributed by atoms with Gasteiger partial charge in [0, 0.05) is 51.4 Å². The Kier molecular flexibility index (Phi) is 9.35. The lowest BCUT2D eigenvalue weighted by Gasteiger charge is -2.38. The first-order valence-electron chi connectivity index (χ1n) is 9.04. The average Bonchev–Trinajstić information content (AvgIpc) is 3.31. The number of carbonyl (C=O) groups is 1. The van der Waals surface area contributed by atoms with Crippen LogP contribution in [0.4, 0.5) is 0 Å². The van der Waals surface area contributed by atoms with Crippen LogP contribution in [0.2, 0.25) is 0 Å². The number of carbonyl (C=O) groups excluding carboxylic acids is 1. The number of likely N-dealkylation sites (N-methyl/N-ethyl adjacent to an activating group) is 1. The Morgan fingerprint density at radius 1 is 1.29 bits per heavy atom. The Labute approximate surface area is 177 Å². The van der Waals surface area contributed by atoms with Crippen LogP contribution in [0, 0.1) is 0 Å². The summed E-state index contributed by atoms with van der Waals surface area (Å²) in [6.45, 7) is 6.98. The Hall–Kier alpha value is -1.68. The molecule has 3 heterocycles. The number of aryl methyl sites for hydroxylation is 2. The van der Waals surface area contributed by atoms with Gasteiger partial charge in [-0.05, 0) is 14.0 Å². The normalized spacial score (nSPS) is 16.8. The Balaban J connectivity index is 0.00000196. The summed E-state index contributed by atoms with van der Waals surface area (Å²) >= 11 is 0. The lowest BCUT2D eigenvalue weighted by molar-refractivity contribution is -0.135. The molecule has 158 valence electrons. The highest BCUT2D eigenvalue weighted by Crippen LogP contribution is 2.22. The van der Waals surface area contributed by atoms with Gasteiger partial charge in [0.25, 0.3) is 0 Å². The van der Waals surface area contributed by atoms with Gasteiger partial charge in [-0.25, -0.2) is 0 Å². The van der Waals surface area contributed by atoms with Gasteiger partial charge in [-0.2, -0.15) is 10.1 Å². The number of nitrogens with zero attached hydrogens (tertiary/aromatic N) is 6. The van der Waals surface area contributed by atoms with E-state index in [1.165, 1.54) is 0 Å². The minimum atomic E-state index is -0.365. The van der Waals surface area contributed by atoms with E-state index in [1.807, 2.05) is 25.1 Å². The van der Waals surface area contributed by atoms with E-state index in [1.54, 1.807) is 17.9 Å². The first kappa shape index (κ1) is 24.4. The van der Waals surface area contributed by atoms with E-state index >= 15 is 0 Å². The molecule has 0 aromatic carbocycles. The van der Waals surface area contributed by atoms with Crippen molar-refractivity contribution in [3.63, 3.8) is 0 Å². The third kappa shape index (κ3) is 5.22. The van der Waals surface area contributed by atoms with E-state index in [0.717, 1.165) is 30.9 Å². The number of hydrogen-bond acceptors (Lipinski definition) is 7. The molecule has 0 spiro atoms. The molecule has 0 saturated carbocycles. The van der Waals surface area contributed by atoms with Crippen LogP contribution >= 0.6 is 24.8 Å². The molecule has 0 bridgehead atoms. The van der Waals surface area contributed by atoms with Gasteiger partial charge in [0.15, 0.2) is 5.82 Å². The monoisotopic (exact) mass is 433 g/mol. The van der Waals surface area contributed by atoms with Gasteiger partial charge < -0.3 is 14.7 Å². The number of hydrogen-bond donors (Lipinski definition) is 1. The standard InChI is InChI=1S/C17H27N7O2.2ClH/c1-5-14-20-16(26-21-14)12(2)23-6-8-24(9-7-23)17(25)15(18-3)13-10-19-22(4)11-13;;/h10-12,15,18H,5-9H2,1-4H3;2*1H. The molecule has 1 saturated heterocycles. The molecule has 1 aliphatic rings. The molecule has 1 amide bonds. The van der Waals surface area contributed by atoms with Gasteiger partial charge in [0.1, 0.15) is 6.04 Å². The predicted molar refractivity (Wildman–Crippen MR) is 110 cm³/mol. The van der Waals surface area contributed by atoms with Crippen molar-refractivity contribution in [2.75, 3.05) is 33.2 Å². The molecule has 1 N–H and O–H groups in total. The Morgan fingerprint density at radius 2 is 1.96 bits per heavy atom. The van der Waals surface area contributed by atoms with Crippen molar-refractivity contribution in [3.05, 3.63) is 29.7 Å². The summed E-state index contributed by atoms with van der Waals surface area (Å²) in [5.74, 6) is 1.46. The fourth-order valence-corrected chi connectivity index (χ4v) is 3.27. The second-order valence-corrected chi connectivity index (χ2v) is 6.61. The second-order valence-electron chi connectivity index (χ2n) is 6.61. The van der Waals surface area contributed by atoms with E-state index in [2.05, 4.69) is 32.4 Å². The first-order chi connectivity index (χ1) is 12.5. The van der Waals surface area contributed by atoms with E-state index in [9.17, 15) is 4.79 Å². The highest BCUT2D eigenvalue weighted by molar-refractivity contribution is 5.85. The number of piperazine rings is 1.